The van der Waals surface area contributed by atoms with Gasteiger partial charge in [0, 0.05) is 18.3 Å². The van der Waals surface area contributed by atoms with E-state index in [-0.39, 0.29) is 24.1 Å². The molecule has 0 saturated carbocycles. The van der Waals surface area contributed by atoms with Crippen molar-refractivity contribution in [3.8, 4) is 11.5 Å². The van der Waals surface area contributed by atoms with Crippen molar-refractivity contribution in [2.75, 3.05) is 25.3 Å². The molecule has 2 amide bonds. The van der Waals surface area contributed by atoms with E-state index in [1.54, 1.807) is 29.8 Å². The van der Waals surface area contributed by atoms with E-state index >= 15 is 0 Å². The summed E-state index contributed by atoms with van der Waals surface area (Å²) < 4.78 is 12.2. The Bertz CT molecular complexity index is 1180. The molecule has 180 valence electrons. The van der Waals surface area contributed by atoms with Crippen molar-refractivity contribution >= 4 is 29.3 Å². The van der Waals surface area contributed by atoms with Crippen molar-refractivity contribution in [3.05, 3.63) is 58.9 Å². The summed E-state index contributed by atoms with van der Waals surface area (Å²) in [5, 5.41) is 14.7. The van der Waals surface area contributed by atoms with Gasteiger partial charge in [-0.25, -0.2) is 0 Å². The van der Waals surface area contributed by atoms with Crippen molar-refractivity contribution in [3.63, 3.8) is 0 Å². The number of thioether (sulfide) groups is 1. The zero-order valence-electron chi connectivity index (χ0n) is 20.0. The van der Waals surface area contributed by atoms with E-state index in [0.29, 0.717) is 28.0 Å². The summed E-state index contributed by atoms with van der Waals surface area (Å²) in [6.07, 6.45) is 0.839. The molecule has 0 radical (unpaired) electrons. The molecule has 0 spiro atoms. The molecule has 0 aliphatic carbocycles. The number of ether oxygens (including phenoxy) is 2. The zero-order valence-corrected chi connectivity index (χ0v) is 20.8. The van der Waals surface area contributed by atoms with Gasteiger partial charge in [0.25, 0.3) is 5.91 Å². The topological polar surface area (TPSA) is 107 Å². The number of amides is 2. The molecule has 0 atom stereocenters. The van der Waals surface area contributed by atoms with Gasteiger partial charge < -0.3 is 24.7 Å². The molecule has 9 nitrogen and oxygen atoms in total. The van der Waals surface area contributed by atoms with Crippen molar-refractivity contribution in [2.24, 2.45) is 7.05 Å². The third kappa shape index (κ3) is 5.88. The van der Waals surface area contributed by atoms with Gasteiger partial charge in [0.1, 0.15) is 0 Å². The van der Waals surface area contributed by atoms with Gasteiger partial charge in [-0.3, -0.25) is 9.59 Å². The van der Waals surface area contributed by atoms with Gasteiger partial charge in [0.15, 0.2) is 22.5 Å². The number of methoxy groups -OCH3 is 2. The minimum absolute atomic E-state index is 0.111. The highest BCUT2D eigenvalue weighted by Gasteiger charge is 2.15. The van der Waals surface area contributed by atoms with E-state index < -0.39 is 0 Å². The fourth-order valence-corrected chi connectivity index (χ4v) is 4.10. The third-order valence-electron chi connectivity index (χ3n) is 5.31. The molecule has 3 aromatic rings. The van der Waals surface area contributed by atoms with Crippen LogP contribution in [0, 0.1) is 6.92 Å². The van der Waals surface area contributed by atoms with Gasteiger partial charge in [0.05, 0.1) is 26.5 Å². The second kappa shape index (κ2) is 11.6. The van der Waals surface area contributed by atoms with Crippen LogP contribution in [0.4, 0.5) is 5.69 Å². The Labute approximate surface area is 203 Å². The lowest BCUT2D eigenvalue weighted by Crippen LogP contribution is -2.24. The smallest absolute Gasteiger partial charge is 0.251 e. The SMILES string of the molecule is CCc1cccc(C)c1NC(=O)CSc1nnc(CNC(=O)c2ccc(OC)c(OC)c2)n1C. The maximum atomic E-state index is 12.5. The quantitative estimate of drug-likeness (QED) is 0.426. The number of rotatable bonds is 10. The Hall–Kier alpha value is -3.53. The predicted molar refractivity (Wildman–Crippen MR) is 132 cm³/mol. The fraction of sp³-hybridized carbons (Fsp3) is 0.333. The maximum absolute atomic E-state index is 12.5. The van der Waals surface area contributed by atoms with Crippen LogP contribution in [0.5, 0.6) is 11.5 Å². The first-order valence-corrected chi connectivity index (χ1v) is 11.8. The second-order valence-electron chi connectivity index (χ2n) is 7.51. The van der Waals surface area contributed by atoms with E-state index in [1.807, 2.05) is 25.1 Å². The van der Waals surface area contributed by atoms with E-state index in [2.05, 4.69) is 27.8 Å². The average molecular weight is 484 g/mol. The number of aryl methyl sites for hydroxylation is 2. The number of nitrogens with one attached hydrogen (secondary N) is 2. The first-order chi connectivity index (χ1) is 16.4. The number of hydrogen-bond donors (Lipinski definition) is 2. The summed E-state index contributed by atoms with van der Waals surface area (Å²) >= 11 is 1.29. The number of hydrogen-bond acceptors (Lipinski definition) is 7. The summed E-state index contributed by atoms with van der Waals surface area (Å²) in [5.74, 6) is 1.40. The van der Waals surface area contributed by atoms with Crippen LogP contribution in [0.2, 0.25) is 0 Å². The van der Waals surface area contributed by atoms with E-state index in [1.165, 1.54) is 26.0 Å². The van der Waals surface area contributed by atoms with Crippen LogP contribution in [-0.4, -0.2) is 46.6 Å². The normalized spacial score (nSPS) is 10.6. The standard InChI is InChI=1S/C24H29N5O4S/c1-6-16-9-7-8-15(2)22(16)26-21(30)14-34-24-28-27-20(29(24)3)13-25-23(31)17-10-11-18(32-4)19(12-17)33-5/h7-12H,6,13-14H2,1-5H3,(H,25,31)(H,26,30). The lowest BCUT2D eigenvalue weighted by atomic mass is 10.1. The number of aromatic nitrogens is 3. The number of anilines is 1. The second-order valence-corrected chi connectivity index (χ2v) is 8.45. The molecule has 2 aromatic carbocycles. The number of nitrogens with zero attached hydrogens (tertiary/aromatic N) is 3. The molecule has 3 rings (SSSR count). The molecule has 1 aromatic heterocycles. The van der Waals surface area contributed by atoms with E-state index in [0.717, 1.165) is 23.2 Å². The molecule has 0 aliphatic heterocycles. The molecular formula is C24H29N5O4S. The van der Waals surface area contributed by atoms with Gasteiger partial charge in [-0.05, 0) is 42.7 Å². The molecule has 1 heterocycles. The predicted octanol–water partition coefficient (Wildman–Crippen LogP) is 3.36. The Morgan fingerprint density at radius 2 is 1.85 bits per heavy atom. The fourth-order valence-electron chi connectivity index (χ4n) is 3.37. The monoisotopic (exact) mass is 483 g/mol. The van der Waals surface area contributed by atoms with Crippen LogP contribution in [0.3, 0.4) is 0 Å². The first-order valence-electron chi connectivity index (χ1n) is 10.8. The summed E-state index contributed by atoms with van der Waals surface area (Å²) in [4.78, 5) is 25.1. The van der Waals surface area contributed by atoms with Gasteiger partial charge >= 0.3 is 0 Å². The summed E-state index contributed by atoms with van der Waals surface area (Å²) in [6.45, 7) is 4.23. The van der Waals surface area contributed by atoms with Gasteiger partial charge in [-0.15, -0.1) is 10.2 Å². The molecule has 0 unspecified atom stereocenters. The summed E-state index contributed by atoms with van der Waals surface area (Å²) in [6, 6.07) is 10.9. The van der Waals surface area contributed by atoms with Crippen molar-refractivity contribution in [2.45, 2.75) is 32.0 Å². The van der Waals surface area contributed by atoms with Crippen LogP contribution in [0.1, 0.15) is 34.2 Å². The molecule has 34 heavy (non-hydrogen) atoms. The maximum Gasteiger partial charge on any atom is 0.251 e. The van der Waals surface area contributed by atoms with Crippen LogP contribution < -0.4 is 20.1 Å². The minimum Gasteiger partial charge on any atom is -0.493 e. The first kappa shape index (κ1) is 25.1. The lowest BCUT2D eigenvalue weighted by molar-refractivity contribution is -0.113. The Balaban J connectivity index is 1.57. The Morgan fingerprint density at radius 1 is 1.09 bits per heavy atom. The number of benzene rings is 2. The van der Waals surface area contributed by atoms with Gasteiger partial charge in [-0.1, -0.05) is 36.9 Å². The van der Waals surface area contributed by atoms with Gasteiger partial charge in [-0.2, -0.15) is 0 Å². The molecule has 2 N–H and O–H groups in total. The van der Waals surface area contributed by atoms with Crippen LogP contribution >= 0.6 is 11.8 Å². The van der Waals surface area contributed by atoms with Crippen LogP contribution in [-0.2, 0) is 24.8 Å². The molecule has 0 aliphatic rings. The van der Waals surface area contributed by atoms with E-state index in [4.69, 9.17) is 9.47 Å². The number of para-hydroxylation sites is 1. The highest BCUT2D eigenvalue weighted by molar-refractivity contribution is 7.99. The molecule has 10 heteroatoms. The summed E-state index contributed by atoms with van der Waals surface area (Å²) in [5.41, 5.74) is 3.44. The molecule has 0 bridgehead atoms. The average Bonchev–Trinajstić information content (AvgIpc) is 3.20. The van der Waals surface area contributed by atoms with E-state index in [9.17, 15) is 9.59 Å². The number of carbonyl (C=O) groups is 2. The van der Waals surface area contributed by atoms with Crippen molar-refractivity contribution in [1.29, 1.82) is 0 Å². The lowest BCUT2D eigenvalue weighted by Gasteiger charge is -2.12. The highest BCUT2D eigenvalue weighted by atomic mass is 32.2. The molecule has 0 saturated heterocycles. The van der Waals surface area contributed by atoms with Crippen LogP contribution in [0.15, 0.2) is 41.6 Å². The Morgan fingerprint density at radius 3 is 2.56 bits per heavy atom. The summed E-state index contributed by atoms with van der Waals surface area (Å²) in [7, 11) is 4.85. The third-order valence-corrected chi connectivity index (χ3v) is 6.33. The zero-order chi connectivity index (χ0) is 24.7. The minimum atomic E-state index is -0.275. The molecular weight excluding hydrogens is 454 g/mol. The largest absolute Gasteiger partial charge is 0.493 e. The number of carbonyl (C=O) groups excluding carboxylic acids is 2. The Kier molecular flexibility index (Phi) is 8.53. The van der Waals surface area contributed by atoms with Crippen molar-refractivity contribution in [1.82, 2.24) is 20.1 Å². The highest BCUT2D eigenvalue weighted by Crippen LogP contribution is 2.27. The molecule has 0 fully saturated rings. The van der Waals surface area contributed by atoms with Crippen LogP contribution in [0.25, 0.3) is 0 Å². The van der Waals surface area contributed by atoms with Gasteiger partial charge in [0.2, 0.25) is 5.91 Å². The van der Waals surface area contributed by atoms with Crippen molar-refractivity contribution < 1.29 is 19.1 Å².